The van der Waals surface area contributed by atoms with E-state index in [1.807, 2.05) is 6.92 Å². The SMILES string of the molecule is CCC1NC(=O)CN(CC2Cc3cc(F)ccc3O2)C1=O. The Bertz CT molecular complexity index is 590. The second-order valence-electron chi connectivity index (χ2n) is 5.44. The number of amides is 2. The fourth-order valence-corrected chi connectivity index (χ4v) is 2.84. The molecule has 2 aliphatic heterocycles. The van der Waals surface area contributed by atoms with Crippen LogP contribution in [0.25, 0.3) is 0 Å². The van der Waals surface area contributed by atoms with E-state index in [4.69, 9.17) is 4.74 Å². The van der Waals surface area contributed by atoms with Gasteiger partial charge in [0.15, 0.2) is 0 Å². The van der Waals surface area contributed by atoms with Crippen LogP contribution in [0.1, 0.15) is 18.9 Å². The first-order chi connectivity index (χ1) is 10.1. The van der Waals surface area contributed by atoms with Gasteiger partial charge in [0, 0.05) is 12.0 Å². The third-order valence-electron chi connectivity index (χ3n) is 3.88. The summed E-state index contributed by atoms with van der Waals surface area (Å²) in [6, 6.07) is 3.96. The van der Waals surface area contributed by atoms with Crippen molar-refractivity contribution in [1.29, 1.82) is 0 Å². The molecule has 2 aliphatic rings. The molecule has 1 N–H and O–H groups in total. The van der Waals surface area contributed by atoms with Crippen LogP contribution in [0.2, 0.25) is 0 Å². The van der Waals surface area contributed by atoms with Gasteiger partial charge in [-0.2, -0.15) is 0 Å². The minimum Gasteiger partial charge on any atom is -0.488 e. The number of carbonyl (C=O) groups is 2. The molecule has 0 spiro atoms. The van der Waals surface area contributed by atoms with Crippen LogP contribution in [-0.4, -0.2) is 41.9 Å². The molecule has 1 fully saturated rings. The molecule has 3 rings (SSSR count). The second-order valence-corrected chi connectivity index (χ2v) is 5.44. The minimum absolute atomic E-state index is 0.0555. The molecule has 2 unspecified atom stereocenters. The molecule has 0 aromatic heterocycles. The number of rotatable bonds is 3. The van der Waals surface area contributed by atoms with Gasteiger partial charge >= 0.3 is 0 Å². The van der Waals surface area contributed by atoms with Gasteiger partial charge in [-0.05, 0) is 24.6 Å². The Morgan fingerprint density at radius 2 is 2.24 bits per heavy atom. The van der Waals surface area contributed by atoms with Crippen LogP contribution in [0.15, 0.2) is 18.2 Å². The van der Waals surface area contributed by atoms with Gasteiger partial charge in [0.2, 0.25) is 11.8 Å². The Labute approximate surface area is 122 Å². The number of nitrogens with one attached hydrogen (secondary N) is 1. The number of hydrogen-bond donors (Lipinski definition) is 1. The Balaban J connectivity index is 1.68. The Kier molecular flexibility index (Phi) is 3.53. The van der Waals surface area contributed by atoms with Crippen LogP contribution in [0.3, 0.4) is 0 Å². The molecule has 1 aromatic rings. The average molecular weight is 292 g/mol. The highest BCUT2D eigenvalue weighted by Gasteiger charge is 2.34. The van der Waals surface area contributed by atoms with Gasteiger partial charge in [-0.25, -0.2) is 4.39 Å². The quantitative estimate of drug-likeness (QED) is 0.899. The van der Waals surface area contributed by atoms with Gasteiger partial charge in [0.05, 0.1) is 13.1 Å². The molecule has 0 saturated carbocycles. The fraction of sp³-hybridized carbons (Fsp3) is 0.467. The van der Waals surface area contributed by atoms with Crippen molar-refractivity contribution < 1.29 is 18.7 Å². The zero-order valence-corrected chi connectivity index (χ0v) is 11.8. The molecule has 1 aromatic carbocycles. The lowest BCUT2D eigenvalue weighted by Crippen LogP contribution is -2.59. The van der Waals surface area contributed by atoms with Gasteiger partial charge in [-0.15, -0.1) is 0 Å². The predicted molar refractivity (Wildman–Crippen MR) is 73.3 cm³/mol. The van der Waals surface area contributed by atoms with E-state index in [0.29, 0.717) is 25.1 Å². The topological polar surface area (TPSA) is 58.6 Å². The van der Waals surface area contributed by atoms with E-state index in [1.165, 1.54) is 17.0 Å². The normalized spacial score (nSPS) is 24.6. The molecule has 6 heteroatoms. The summed E-state index contributed by atoms with van der Waals surface area (Å²) in [4.78, 5) is 25.4. The van der Waals surface area contributed by atoms with Crippen molar-refractivity contribution in [3.63, 3.8) is 0 Å². The zero-order valence-electron chi connectivity index (χ0n) is 11.8. The van der Waals surface area contributed by atoms with E-state index in [-0.39, 0.29) is 30.3 Å². The van der Waals surface area contributed by atoms with Crippen molar-refractivity contribution in [1.82, 2.24) is 10.2 Å². The average Bonchev–Trinajstić information content (AvgIpc) is 2.83. The molecule has 1 saturated heterocycles. The van der Waals surface area contributed by atoms with Crippen molar-refractivity contribution in [2.45, 2.75) is 31.9 Å². The lowest BCUT2D eigenvalue weighted by molar-refractivity contribution is -0.145. The van der Waals surface area contributed by atoms with Gasteiger partial charge < -0.3 is 15.0 Å². The highest BCUT2D eigenvalue weighted by atomic mass is 19.1. The predicted octanol–water partition coefficient (Wildman–Crippen LogP) is 0.866. The summed E-state index contributed by atoms with van der Waals surface area (Å²) in [5, 5.41) is 2.67. The van der Waals surface area contributed by atoms with Crippen molar-refractivity contribution >= 4 is 11.8 Å². The summed E-state index contributed by atoms with van der Waals surface area (Å²) in [6.45, 7) is 2.26. The molecule has 2 heterocycles. The molecule has 2 amide bonds. The van der Waals surface area contributed by atoms with Gasteiger partial charge in [-0.3, -0.25) is 9.59 Å². The summed E-state index contributed by atoms with van der Waals surface area (Å²) in [7, 11) is 0. The second kappa shape index (κ2) is 5.35. The summed E-state index contributed by atoms with van der Waals surface area (Å²) < 4.78 is 18.9. The van der Waals surface area contributed by atoms with Gasteiger partial charge in [0.25, 0.3) is 0 Å². The number of benzene rings is 1. The molecule has 0 radical (unpaired) electrons. The first-order valence-corrected chi connectivity index (χ1v) is 7.10. The zero-order chi connectivity index (χ0) is 15.0. The van der Waals surface area contributed by atoms with E-state index in [0.717, 1.165) is 5.56 Å². The molecule has 21 heavy (non-hydrogen) atoms. The van der Waals surface area contributed by atoms with Crippen LogP contribution in [0, 0.1) is 5.82 Å². The van der Waals surface area contributed by atoms with Crippen LogP contribution in [0.5, 0.6) is 5.75 Å². The molecular formula is C15H17FN2O3. The highest BCUT2D eigenvalue weighted by Crippen LogP contribution is 2.29. The van der Waals surface area contributed by atoms with Crippen molar-refractivity contribution in [3.8, 4) is 5.75 Å². The number of fused-ring (bicyclic) bond motifs is 1. The number of hydrogen-bond acceptors (Lipinski definition) is 3. The van der Waals surface area contributed by atoms with Crippen molar-refractivity contribution in [3.05, 3.63) is 29.6 Å². The molecule has 112 valence electrons. The maximum absolute atomic E-state index is 13.2. The molecular weight excluding hydrogens is 275 g/mol. The standard InChI is InChI=1S/C15H17FN2O3/c1-2-12-15(20)18(8-14(19)17-12)7-11-6-9-5-10(16)3-4-13(9)21-11/h3-5,11-12H,2,6-8H2,1H3,(H,17,19). The maximum Gasteiger partial charge on any atom is 0.245 e. The molecule has 0 bridgehead atoms. The monoisotopic (exact) mass is 292 g/mol. The Morgan fingerprint density at radius 1 is 1.43 bits per heavy atom. The highest BCUT2D eigenvalue weighted by molar-refractivity contribution is 5.94. The molecule has 5 nitrogen and oxygen atoms in total. The summed E-state index contributed by atoms with van der Waals surface area (Å²) in [5.41, 5.74) is 0.806. The largest absolute Gasteiger partial charge is 0.488 e. The Morgan fingerprint density at radius 3 is 3.00 bits per heavy atom. The van der Waals surface area contributed by atoms with E-state index in [2.05, 4.69) is 5.32 Å². The van der Waals surface area contributed by atoms with Crippen molar-refractivity contribution in [2.75, 3.05) is 13.1 Å². The fourth-order valence-electron chi connectivity index (χ4n) is 2.84. The van der Waals surface area contributed by atoms with Crippen LogP contribution >= 0.6 is 0 Å². The maximum atomic E-state index is 13.2. The van der Waals surface area contributed by atoms with Crippen LogP contribution in [-0.2, 0) is 16.0 Å². The number of carbonyl (C=O) groups excluding carboxylic acids is 2. The summed E-state index contributed by atoms with van der Waals surface area (Å²) >= 11 is 0. The number of nitrogens with zero attached hydrogens (tertiary/aromatic N) is 1. The minimum atomic E-state index is -0.451. The molecule has 2 atom stereocenters. The van der Waals surface area contributed by atoms with E-state index in [9.17, 15) is 14.0 Å². The lowest BCUT2D eigenvalue weighted by Gasteiger charge is -2.33. The first-order valence-electron chi connectivity index (χ1n) is 7.10. The van der Waals surface area contributed by atoms with Gasteiger partial charge in [-0.1, -0.05) is 6.92 Å². The number of ether oxygens (including phenoxy) is 1. The van der Waals surface area contributed by atoms with E-state index in [1.54, 1.807) is 6.07 Å². The van der Waals surface area contributed by atoms with Crippen LogP contribution in [0.4, 0.5) is 4.39 Å². The van der Waals surface area contributed by atoms with E-state index >= 15 is 0 Å². The first kappa shape index (κ1) is 13.9. The summed E-state index contributed by atoms with van der Waals surface area (Å²) in [5.74, 6) is 0.130. The summed E-state index contributed by atoms with van der Waals surface area (Å²) in [6.07, 6.45) is 0.891. The van der Waals surface area contributed by atoms with Crippen LogP contribution < -0.4 is 10.1 Å². The molecule has 0 aliphatic carbocycles. The third kappa shape index (κ3) is 2.70. The number of piperazine rings is 1. The Hall–Kier alpha value is -2.11. The van der Waals surface area contributed by atoms with E-state index < -0.39 is 6.04 Å². The third-order valence-corrected chi connectivity index (χ3v) is 3.88. The van der Waals surface area contributed by atoms with Crippen molar-refractivity contribution in [2.24, 2.45) is 0 Å². The smallest absolute Gasteiger partial charge is 0.245 e. The lowest BCUT2D eigenvalue weighted by atomic mass is 10.1. The van der Waals surface area contributed by atoms with Gasteiger partial charge in [0.1, 0.15) is 23.7 Å². The number of halogens is 1.